The van der Waals surface area contributed by atoms with Crippen LogP contribution in [0.4, 0.5) is 0 Å². The van der Waals surface area contributed by atoms with Gasteiger partial charge in [-0.3, -0.25) is 4.79 Å². The third-order valence-electron chi connectivity index (χ3n) is 5.01. The van der Waals surface area contributed by atoms with Crippen LogP contribution in [0.1, 0.15) is 37.3 Å². The van der Waals surface area contributed by atoms with Crippen molar-refractivity contribution in [3.63, 3.8) is 0 Å². The van der Waals surface area contributed by atoms with Gasteiger partial charge in [0.1, 0.15) is 0 Å². The molecule has 3 nitrogen and oxygen atoms in total. The summed E-state index contributed by atoms with van der Waals surface area (Å²) in [5.74, 6) is 1.02. The number of nitrogens with zero attached hydrogens (tertiary/aromatic N) is 1. The zero-order chi connectivity index (χ0) is 14.3. The van der Waals surface area contributed by atoms with Crippen molar-refractivity contribution >= 4 is 5.91 Å². The molecule has 4 atom stereocenters. The molecule has 1 aliphatic heterocycles. The molecule has 1 saturated heterocycles. The fourth-order valence-electron chi connectivity index (χ4n) is 3.40. The Morgan fingerprint density at radius 1 is 1.30 bits per heavy atom. The number of nitrogens with one attached hydrogen (secondary N) is 1. The number of aryl methyl sites for hydroxylation is 1. The first-order chi connectivity index (χ1) is 9.59. The van der Waals surface area contributed by atoms with E-state index in [9.17, 15) is 4.79 Å². The Hall–Kier alpha value is -1.35. The van der Waals surface area contributed by atoms with Crippen molar-refractivity contribution in [1.82, 2.24) is 10.2 Å². The summed E-state index contributed by atoms with van der Waals surface area (Å²) >= 11 is 0. The smallest absolute Gasteiger partial charge is 0.226 e. The van der Waals surface area contributed by atoms with Gasteiger partial charge in [0.15, 0.2) is 0 Å². The van der Waals surface area contributed by atoms with Crippen molar-refractivity contribution in [3.8, 4) is 0 Å². The molecule has 1 aromatic rings. The first-order valence-corrected chi connectivity index (χ1v) is 7.69. The molecule has 2 fully saturated rings. The molecule has 0 aromatic heterocycles. The third kappa shape index (κ3) is 2.35. The fraction of sp³-hybridized carbons (Fsp3) is 0.588. The zero-order valence-corrected chi connectivity index (χ0v) is 12.6. The molecule has 1 aromatic carbocycles. The maximum Gasteiger partial charge on any atom is 0.226 e. The molecular formula is C17H24N2O. The molecule has 3 heteroatoms. The topological polar surface area (TPSA) is 32.3 Å². The van der Waals surface area contributed by atoms with E-state index in [1.165, 1.54) is 11.1 Å². The number of hydrogen-bond donors (Lipinski definition) is 1. The Labute approximate surface area is 121 Å². The summed E-state index contributed by atoms with van der Waals surface area (Å²) in [6, 6.07) is 9.16. The SMILES string of the molecule is Cc1ccccc1C1CC1C(=O)N1CCNC(C)C1C. The molecule has 0 bridgehead atoms. The van der Waals surface area contributed by atoms with Crippen LogP contribution >= 0.6 is 0 Å². The molecule has 1 N–H and O–H groups in total. The number of amides is 1. The van der Waals surface area contributed by atoms with E-state index in [1.54, 1.807) is 0 Å². The van der Waals surface area contributed by atoms with Crippen molar-refractivity contribution in [3.05, 3.63) is 35.4 Å². The van der Waals surface area contributed by atoms with Gasteiger partial charge < -0.3 is 10.2 Å². The molecular weight excluding hydrogens is 248 g/mol. The summed E-state index contributed by atoms with van der Waals surface area (Å²) in [5.41, 5.74) is 2.68. The van der Waals surface area contributed by atoms with E-state index in [4.69, 9.17) is 0 Å². The third-order valence-corrected chi connectivity index (χ3v) is 5.01. The number of rotatable bonds is 2. The highest BCUT2D eigenvalue weighted by atomic mass is 16.2. The van der Waals surface area contributed by atoms with Gasteiger partial charge in [-0.2, -0.15) is 0 Å². The zero-order valence-electron chi connectivity index (χ0n) is 12.6. The molecule has 108 valence electrons. The van der Waals surface area contributed by atoms with Crippen LogP contribution in [0.3, 0.4) is 0 Å². The largest absolute Gasteiger partial charge is 0.337 e. The quantitative estimate of drug-likeness (QED) is 0.896. The Balaban J connectivity index is 1.70. The van der Waals surface area contributed by atoms with E-state index in [2.05, 4.69) is 55.3 Å². The predicted molar refractivity (Wildman–Crippen MR) is 80.7 cm³/mol. The van der Waals surface area contributed by atoms with Crippen molar-refractivity contribution in [1.29, 1.82) is 0 Å². The summed E-state index contributed by atoms with van der Waals surface area (Å²) in [4.78, 5) is 14.8. The lowest BCUT2D eigenvalue weighted by Crippen LogP contribution is -2.57. The summed E-state index contributed by atoms with van der Waals surface area (Å²) < 4.78 is 0. The minimum atomic E-state index is 0.212. The number of hydrogen-bond acceptors (Lipinski definition) is 2. The predicted octanol–water partition coefficient (Wildman–Crippen LogP) is 2.31. The molecule has 3 rings (SSSR count). The highest BCUT2D eigenvalue weighted by molar-refractivity contribution is 5.83. The van der Waals surface area contributed by atoms with Gasteiger partial charge in [0.2, 0.25) is 5.91 Å². The van der Waals surface area contributed by atoms with Gasteiger partial charge in [0.25, 0.3) is 0 Å². The van der Waals surface area contributed by atoms with Gasteiger partial charge in [-0.25, -0.2) is 0 Å². The highest BCUT2D eigenvalue weighted by Gasteiger charge is 2.47. The molecule has 0 spiro atoms. The lowest BCUT2D eigenvalue weighted by molar-refractivity contribution is -0.136. The molecule has 1 aliphatic carbocycles. The Kier molecular flexibility index (Phi) is 3.55. The van der Waals surface area contributed by atoms with Gasteiger partial charge >= 0.3 is 0 Å². The van der Waals surface area contributed by atoms with Crippen LogP contribution in [-0.4, -0.2) is 36.0 Å². The lowest BCUT2D eigenvalue weighted by atomic mass is 10.0. The van der Waals surface area contributed by atoms with E-state index in [0.29, 0.717) is 23.9 Å². The average Bonchev–Trinajstić information content (AvgIpc) is 3.22. The lowest BCUT2D eigenvalue weighted by Gasteiger charge is -2.39. The maximum absolute atomic E-state index is 12.7. The van der Waals surface area contributed by atoms with Crippen LogP contribution in [0.15, 0.2) is 24.3 Å². The summed E-state index contributed by atoms with van der Waals surface area (Å²) in [6.45, 7) is 8.22. The van der Waals surface area contributed by atoms with Crippen LogP contribution in [-0.2, 0) is 4.79 Å². The Bertz CT molecular complexity index is 513. The van der Waals surface area contributed by atoms with Gasteiger partial charge in [-0.05, 0) is 44.2 Å². The number of carbonyl (C=O) groups excluding carboxylic acids is 1. The minimum Gasteiger partial charge on any atom is -0.337 e. The van der Waals surface area contributed by atoms with E-state index in [-0.39, 0.29) is 5.92 Å². The standard InChI is InChI=1S/C17H24N2O/c1-11-6-4-5-7-14(11)15-10-16(15)17(20)19-9-8-18-12(2)13(19)3/h4-7,12-13,15-16,18H,8-10H2,1-3H3. The van der Waals surface area contributed by atoms with Crippen molar-refractivity contribution < 1.29 is 4.79 Å². The van der Waals surface area contributed by atoms with Crippen LogP contribution in [0.25, 0.3) is 0 Å². The number of benzene rings is 1. The van der Waals surface area contributed by atoms with Gasteiger partial charge in [0, 0.05) is 31.1 Å². The molecule has 4 unspecified atom stereocenters. The van der Waals surface area contributed by atoms with Gasteiger partial charge in [0.05, 0.1) is 0 Å². The van der Waals surface area contributed by atoms with Crippen molar-refractivity contribution in [2.45, 2.75) is 45.2 Å². The van der Waals surface area contributed by atoms with Crippen molar-refractivity contribution in [2.75, 3.05) is 13.1 Å². The first kappa shape index (κ1) is 13.6. The molecule has 1 heterocycles. The second kappa shape index (κ2) is 5.21. The average molecular weight is 272 g/mol. The van der Waals surface area contributed by atoms with Crippen molar-refractivity contribution in [2.24, 2.45) is 5.92 Å². The second-order valence-electron chi connectivity index (χ2n) is 6.32. The maximum atomic E-state index is 12.7. The van der Waals surface area contributed by atoms with Gasteiger partial charge in [-0.1, -0.05) is 24.3 Å². The molecule has 0 radical (unpaired) electrons. The van der Waals surface area contributed by atoms with E-state index >= 15 is 0 Å². The van der Waals surface area contributed by atoms with E-state index < -0.39 is 0 Å². The summed E-state index contributed by atoms with van der Waals surface area (Å²) in [6.07, 6.45) is 1.02. The van der Waals surface area contributed by atoms with Crippen LogP contribution < -0.4 is 5.32 Å². The minimum absolute atomic E-state index is 0.212. The summed E-state index contributed by atoms with van der Waals surface area (Å²) in [5, 5.41) is 3.43. The Morgan fingerprint density at radius 3 is 2.80 bits per heavy atom. The monoisotopic (exact) mass is 272 g/mol. The van der Waals surface area contributed by atoms with Crippen LogP contribution in [0.2, 0.25) is 0 Å². The summed E-state index contributed by atoms with van der Waals surface area (Å²) in [7, 11) is 0. The second-order valence-corrected chi connectivity index (χ2v) is 6.32. The Morgan fingerprint density at radius 2 is 2.05 bits per heavy atom. The van der Waals surface area contributed by atoms with Gasteiger partial charge in [-0.15, -0.1) is 0 Å². The van der Waals surface area contributed by atoms with Crippen LogP contribution in [0.5, 0.6) is 0 Å². The van der Waals surface area contributed by atoms with E-state index in [1.807, 2.05) is 0 Å². The first-order valence-electron chi connectivity index (χ1n) is 7.69. The van der Waals surface area contributed by atoms with E-state index in [0.717, 1.165) is 19.5 Å². The normalized spacial score (nSPS) is 33.0. The molecule has 1 amide bonds. The molecule has 1 saturated carbocycles. The molecule has 2 aliphatic rings. The number of carbonyl (C=O) groups is 1. The fourth-order valence-corrected chi connectivity index (χ4v) is 3.40. The van der Waals surface area contributed by atoms with Crippen LogP contribution in [0, 0.1) is 12.8 Å². The number of piperazine rings is 1. The molecule has 20 heavy (non-hydrogen) atoms. The highest BCUT2D eigenvalue weighted by Crippen LogP contribution is 2.49.